The standard InChI is InChI=1S/C22H22FN7O2/c1-12-5-14(7-26-21(12)23)15-6-18-20(16(22(25)32)8-27-30(18)10-15)28-17-11-29(9-13(17)2)19(31)3-4-24/h5-8,10,13,17,28H,3,9,11H2,1-2H3,(H2,25,32)/t13-,17-/m1/s1. The first kappa shape index (κ1) is 21.2. The number of carbonyl (C=O) groups is 2. The molecular formula is C22H22FN7O2. The zero-order chi connectivity index (χ0) is 23.0. The quantitative estimate of drug-likeness (QED) is 0.591. The minimum absolute atomic E-state index is 0.0879. The third kappa shape index (κ3) is 3.85. The average molecular weight is 435 g/mol. The van der Waals surface area contributed by atoms with Crippen LogP contribution in [0, 0.1) is 30.1 Å². The van der Waals surface area contributed by atoms with E-state index >= 15 is 0 Å². The number of nitriles is 1. The van der Waals surface area contributed by atoms with Crippen molar-refractivity contribution < 1.29 is 14.0 Å². The molecule has 1 fully saturated rings. The van der Waals surface area contributed by atoms with Gasteiger partial charge in [0.15, 0.2) is 0 Å². The molecule has 0 aromatic carbocycles. The highest BCUT2D eigenvalue weighted by Crippen LogP contribution is 2.31. The summed E-state index contributed by atoms with van der Waals surface area (Å²) in [5, 5.41) is 16.5. The fourth-order valence-electron chi connectivity index (χ4n) is 3.99. The van der Waals surface area contributed by atoms with Crippen LogP contribution in [-0.4, -0.2) is 50.4 Å². The first-order valence-corrected chi connectivity index (χ1v) is 10.1. The van der Waals surface area contributed by atoms with Crippen molar-refractivity contribution in [1.29, 1.82) is 5.26 Å². The molecule has 0 unspecified atom stereocenters. The van der Waals surface area contributed by atoms with E-state index in [2.05, 4.69) is 15.4 Å². The van der Waals surface area contributed by atoms with Crippen LogP contribution in [0.5, 0.6) is 0 Å². The maximum absolute atomic E-state index is 13.6. The van der Waals surface area contributed by atoms with Crippen LogP contribution in [0.2, 0.25) is 0 Å². The molecule has 32 heavy (non-hydrogen) atoms. The third-order valence-corrected chi connectivity index (χ3v) is 5.78. The second-order valence-electron chi connectivity index (χ2n) is 8.05. The van der Waals surface area contributed by atoms with E-state index in [-0.39, 0.29) is 29.9 Å². The monoisotopic (exact) mass is 435 g/mol. The van der Waals surface area contributed by atoms with Crippen molar-refractivity contribution in [2.24, 2.45) is 11.7 Å². The van der Waals surface area contributed by atoms with Crippen LogP contribution in [0.3, 0.4) is 0 Å². The average Bonchev–Trinajstić information content (AvgIpc) is 3.34. The Morgan fingerprint density at radius 2 is 2.09 bits per heavy atom. The van der Waals surface area contributed by atoms with Gasteiger partial charge in [-0.1, -0.05) is 6.92 Å². The lowest BCUT2D eigenvalue weighted by Crippen LogP contribution is -2.32. The van der Waals surface area contributed by atoms with Crippen molar-refractivity contribution in [1.82, 2.24) is 19.5 Å². The Hall–Kier alpha value is -4.00. The van der Waals surface area contributed by atoms with E-state index in [1.807, 2.05) is 19.1 Å². The van der Waals surface area contributed by atoms with Crippen LogP contribution < -0.4 is 11.1 Å². The number of hydrogen-bond acceptors (Lipinski definition) is 6. The summed E-state index contributed by atoms with van der Waals surface area (Å²) in [4.78, 5) is 29.7. The first-order chi connectivity index (χ1) is 15.3. The molecule has 0 aliphatic carbocycles. The molecule has 9 nitrogen and oxygen atoms in total. The van der Waals surface area contributed by atoms with Gasteiger partial charge in [0.2, 0.25) is 11.9 Å². The number of fused-ring (bicyclic) bond motifs is 1. The largest absolute Gasteiger partial charge is 0.378 e. The van der Waals surface area contributed by atoms with E-state index < -0.39 is 11.9 Å². The van der Waals surface area contributed by atoms with Crippen molar-refractivity contribution in [3.8, 4) is 17.2 Å². The lowest BCUT2D eigenvalue weighted by Gasteiger charge is -2.20. The molecule has 4 rings (SSSR count). The van der Waals surface area contributed by atoms with Gasteiger partial charge in [0, 0.05) is 48.2 Å². The van der Waals surface area contributed by atoms with Gasteiger partial charge in [0.05, 0.1) is 29.0 Å². The van der Waals surface area contributed by atoms with Gasteiger partial charge in [-0.2, -0.15) is 14.8 Å². The molecule has 4 heterocycles. The number of pyridine rings is 1. The zero-order valence-corrected chi connectivity index (χ0v) is 17.7. The molecule has 0 bridgehead atoms. The Morgan fingerprint density at radius 1 is 1.31 bits per heavy atom. The lowest BCUT2D eigenvalue weighted by molar-refractivity contribution is -0.129. The van der Waals surface area contributed by atoms with Gasteiger partial charge in [-0.25, -0.2) is 9.50 Å². The first-order valence-electron chi connectivity index (χ1n) is 10.1. The Morgan fingerprint density at radius 3 is 2.78 bits per heavy atom. The van der Waals surface area contributed by atoms with Crippen molar-refractivity contribution in [2.75, 3.05) is 18.4 Å². The van der Waals surface area contributed by atoms with E-state index in [4.69, 9.17) is 11.0 Å². The molecule has 10 heteroatoms. The molecule has 2 amide bonds. The fourth-order valence-corrected chi connectivity index (χ4v) is 3.99. The molecular weight excluding hydrogens is 413 g/mol. The molecule has 3 aromatic rings. The van der Waals surface area contributed by atoms with Crippen LogP contribution in [0.4, 0.5) is 10.1 Å². The van der Waals surface area contributed by atoms with Gasteiger partial charge >= 0.3 is 0 Å². The zero-order valence-electron chi connectivity index (χ0n) is 17.7. The second-order valence-corrected chi connectivity index (χ2v) is 8.05. The predicted molar refractivity (Wildman–Crippen MR) is 115 cm³/mol. The highest BCUT2D eigenvalue weighted by molar-refractivity contribution is 6.02. The van der Waals surface area contributed by atoms with Gasteiger partial charge in [-0.3, -0.25) is 9.59 Å². The number of likely N-dealkylation sites (tertiary alicyclic amines) is 1. The molecule has 0 spiro atoms. The minimum Gasteiger partial charge on any atom is -0.378 e. The number of amides is 2. The number of primary amides is 1. The van der Waals surface area contributed by atoms with Crippen LogP contribution >= 0.6 is 0 Å². The van der Waals surface area contributed by atoms with E-state index in [9.17, 15) is 14.0 Å². The van der Waals surface area contributed by atoms with Crippen LogP contribution in [0.25, 0.3) is 16.6 Å². The highest BCUT2D eigenvalue weighted by atomic mass is 19.1. The van der Waals surface area contributed by atoms with E-state index in [0.717, 1.165) is 5.56 Å². The SMILES string of the molecule is Cc1cc(-c2cc3c(N[C@@H]4CN(C(=O)CC#N)C[C@H]4C)c(C(N)=O)cnn3c2)cnc1F. The summed E-state index contributed by atoms with van der Waals surface area (Å²) in [5.41, 5.74) is 8.84. The number of nitrogens with two attached hydrogens (primary N) is 1. The summed E-state index contributed by atoms with van der Waals surface area (Å²) in [6.07, 6.45) is 4.43. The summed E-state index contributed by atoms with van der Waals surface area (Å²) < 4.78 is 15.2. The summed E-state index contributed by atoms with van der Waals surface area (Å²) in [5.74, 6) is -1.29. The second kappa shape index (κ2) is 8.26. The van der Waals surface area contributed by atoms with Gasteiger partial charge in [-0.05, 0) is 25.0 Å². The number of hydrogen-bond donors (Lipinski definition) is 2. The van der Waals surface area contributed by atoms with E-state index in [0.29, 0.717) is 35.4 Å². The molecule has 1 aliphatic heterocycles. The number of nitrogens with one attached hydrogen (secondary N) is 1. The number of halogens is 1. The molecule has 1 saturated heterocycles. The molecule has 1 aliphatic rings. The van der Waals surface area contributed by atoms with Gasteiger partial charge in [0.1, 0.15) is 6.42 Å². The van der Waals surface area contributed by atoms with E-state index in [1.54, 1.807) is 28.6 Å². The lowest BCUT2D eigenvalue weighted by atomic mass is 10.0. The smallest absolute Gasteiger partial charge is 0.252 e. The summed E-state index contributed by atoms with van der Waals surface area (Å²) in [7, 11) is 0. The number of aromatic nitrogens is 3. The van der Waals surface area contributed by atoms with Crippen LogP contribution in [0.15, 0.2) is 30.7 Å². The van der Waals surface area contributed by atoms with Crippen molar-refractivity contribution in [3.05, 3.63) is 47.8 Å². The van der Waals surface area contributed by atoms with Crippen molar-refractivity contribution in [3.63, 3.8) is 0 Å². The van der Waals surface area contributed by atoms with Gasteiger partial charge < -0.3 is 16.0 Å². The molecule has 2 atom stereocenters. The highest BCUT2D eigenvalue weighted by Gasteiger charge is 2.33. The summed E-state index contributed by atoms with van der Waals surface area (Å²) in [6, 6.07) is 5.26. The van der Waals surface area contributed by atoms with E-state index in [1.165, 1.54) is 12.4 Å². The van der Waals surface area contributed by atoms with Crippen molar-refractivity contribution >= 4 is 23.0 Å². The number of nitrogens with zero attached hydrogens (tertiary/aromatic N) is 5. The summed E-state index contributed by atoms with van der Waals surface area (Å²) in [6.45, 7) is 4.55. The Bertz CT molecular complexity index is 1260. The number of anilines is 1. The number of rotatable bonds is 5. The topological polar surface area (TPSA) is 129 Å². The molecule has 164 valence electrons. The third-order valence-electron chi connectivity index (χ3n) is 5.78. The molecule has 3 N–H and O–H groups in total. The fraction of sp³-hybridized carbons (Fsp3) is 0.318. The van der Waals surface area contributed by atoms with Gasteiger partial charge in [-0.15, -0.1) is 0 Å². The maximum Gasteiger partial charge on any atom is 0.252 e. The summed E-state index contributed by atoms with van der Waals surface area (Å²) >= 11 is 0. The Balaban J connectivity index is 1.72. The number of carbonyl (C=O) groups excluding carboxylic acids is 2. The maximum atomic E-state index is 13.6. The van der Waals surface area contributed by atoms with Crippen molar-refractivity contribution in [2.45, 2.75) is 26.3 Å². The Kier molecular flexibility index (Phi) is 5.48. The molecule has 3 aromatic heterocycles. The Labute approximate surface area is 183 Å². The van der Waals surface area contributed by atoms with Crippen LogP contribution in [-0.2, 0) is 4.79 Å². The van der Waals surface area contributed by atoms with Crippen LogP contribution in [0.1, 0.15) is 29.3 Å². The molecule has 0 saturated carbocycles. The number of aryl methyl sites for hydroxylation is 1. The molecule has 0 radical (unpaired) electrons. The normalized spacial score (nSPS) is 18.0. The predicted octanol–water partition coefficient (Wildman–Crippen LogP) is 2.12. The minimum atomic E-state index is -0.632. The van der Waals surface area contributed by atoms with Gasteiger partial charge in [0.25, 0.3) is 5.91 Å².